The number of fused-ring (bicyclic) bond motifs is 4. The van der Waals surface area contributed by atoms with Crippen LogP contribution in [-0.2, 0) is 0 Å². The van der Waals surface area contributed by atoms with Crippen LogP contribution < -0.4 is 0 Å². The Balaban J connectivity index is 1.70. The van der Waals surface area contributed by atoms with E-state index >= 15 is 0 Å². The zero-order chi connectivity index (χ0) is 23.2. The summed E-state index contributed by atoms with van der Waals surface area (Å²) in [5, 5.41) is 3.49. The lowest BCUT2D eigenvalue weighted by Crippen LogP contribution is -2.00. The summed E-state index contributed by atoms with van der Waals surface area (Å²) in [5.74, 6) is 0.733. The van der Waals surface area contributed by atoms with Crippen LogP contribution in [0.3, 0.4) is 0 Å². The number of nitrogens with zero attached hydrogens (tertiary/aromatic N) is 3. The zero-order valence-electron chi connectivity index (χ0n) is 19.0. The minimum Gasteiger partial charge on any atom is -0.306 e. The lowest BCUT2D eigenvalue weighted by Gasteiger charge is -2.13. The first-order valence-electron chi connectivity index (χ1n) is 11.8. The van der Waals surface area contributed by atoms with E-state index in [0.717, 1.165) is 50.3 Å². The quantitative estimate of drug-likeness (QED) is 0.274. The SMILES string of the molecule is c1ccc(-c2nc(-c3cccc4ccccc34)c3c(n2)c2ccccc2n3-c2ccccc2)cc1. The summed E-state index contributed by atoms with van der Waals surface area (Å²) in [6.45, 7) is 0. The molecule has 0 unspecified atom stereocenters. The number of hydrogen-bond acceptors (Lipinski definition) is 2. The third kappa shape index (κ3) is 3.13. The molecule has 0 aliphatic rings. The minimum absolute atomic E-state index is 0.733. The molecule has 164 valence electrons. The van der Waals surface area contributed by atoms with E-state index in [-0.39, 0.29) is 0 Å². The van der Waals surface area contributed by atoms with Gasteiger partial charge < -0.3 is 4.57 Å². The predicted molar refractivity (Wildman–Crippen MR) is 145 cm³/mol. The Morgan fingerprint density at radius 2 is 1.17 bits per heavy atom. The van der Waals surface area contributed by atoms with Crippen molar-refractivity contribution in [3.8, 4) is 28.3 Å². The molecule has 0 N–H and O–H groups in total. The van der Waals surface area contributed by atoms with Crippen molar-refractivity contribution in [1.29, 1.82) is 0 Å². The maximum Gasteiger partial charge on any atom is 0.160 e. The first-order chi connectivity index (χ1) is 17.4. The fourth-order valence-corrected chi connectivity index (χ4v) is 5.03. The molecule has 3 nitrogen and oxygen atoms in total. The summed E-state index contributed by atoms with van der Waals surface area (Å²) >= 11 is 0. The first kappa shape index (κ1) is 19.7. The van der Waals surface area contributed by atoms with Gasteiger partial charge in [-0.1, -0.05) is 109 Å². The van der Waals surface area contributed by atoms with Gasteiger partial charge in [0.05, 0.1) is 16.7 Å². The average Bonchev–Trinajstić information content (AvgIpc) is 3.28. The van der Waals surface area contributed by atoms with Crippen molar-refractivity contribution in [2.75, 3.05) is 0 Å². The minimum atomic E-state index is 0.733. The van der Waals surface area contributed by atoms with E-state index in [2.05, 4.69) is 108 Å². The van der Waals surface area contributed by atoms with E-state index in [1.54, 1.807) is 0 Å². The van der Waals surface area contributed by atoms with Crippen molar-refractivity contribution in [2.24, 2.45) is 0 Å². The highest BCUT2D eigenvalue weighted by molar-refractivity contribution is 6.13. The van der Waals surface area contributed by atoms with Crippen LogP contribution in [-0.4, -0.2) is 14.5 Å². The molecule has 0 saturated carbocycles. The summed E-state index contributed by atoms with van der Waals surface area (Å²) < 4.78 is 2.30. The number of rotatable bonds is 3. The molecule has 3 heteroatoms. The molecule has 2 heterocycles. The average molecular weight is 448 g/mol. The van der Waals surface area contributed by atoms with Crippen LogP contribution in [0.25, 0.3) is 61.0 Å². The van der Waals surface area contributed by atoms with Crippen LogP contribution in [0.1, 0.15) is 0 Å². The fraction of sp³-hybridized carbons (Fsp3) is 0. The maximum atomic E-state index is 5.24. The molecule has 0 aliphatic carbocycles. The zero-order valence-corrected chi connectivity index (χ0v) is 19.0. The van der Waals surface area contributed by atoms with Gasteiger partial charge in [-0.25, -0.2) is 9.97 Å². The van der Waals surface area contributed by atoms with E-state index in [1.807, 2.05) is 24.3 Å². The van der Waals surface area contributed by atoms with Crippen molar-refractivity contribution in [3.63, 3.8) is 0 Å². The molecule has 2 aromatic heterocycles. The summed E-state index contributed by atoms with van der Waals surface area (Å²) in [6, 6.07) is 44.2. The Hall–Kier alpha value is -4.76. The molecule has 7 aromatic rings. The van der Waals surface area contributed by atoms with E-state index in [4.69, 9.17) is 9.97 Å². The third-order valence-electron chi connectivity index (χ3n) is 6.60. The standard InChI is InChI=1S/C32H21N3/c1-3-13-23(14-4-1)32-33-29(26-20-11-15-22-12-7-8-18-25(22)26)31-30(34-32)27-19-9-10-21-28(27)35(31)24-16-5-2-6-17-24/h1-21H. The summed E-state index contributed by atoms with van der Waals surface area (Å²) in [6.07, 6.45) is 0. The van der Waals surface area contributed by atoms with Gasteiger partial charge in [-0.2, -0.15) is 0 Å². The van der Waals surface area contributed by atoms with Gasteiger partial charge in [0.1, 0.15) is 5.52 Å². The molecule has 7 rings (SSSR count). The molecule has 0 fully saturated rings. The molecule has 35 heavy (non-hydrogen) atoms. The highest BCUT2D eigenvalue weighted by Crippen LogP contribution is 2.39. The van der Waals surface area contributed by atoms with Gasteiger partial charge in [0.25, 0.3) is 0 Å². The second-order valence-corrected chi connectivity index (χ2v) is 8.67. The highest BCUT2D eigenvalue weighted by Gasteiger charge is 2.21. The Labute approximate surface area is 203 Å². The van der Waals surface area contributed by atoms with Gasteiger partial charge in [0.2, 0.25) is 0 Å². The van der Waals surface area contributed by atoms with E-state index in [1.165, 1.54) is 10.8 Å². The van der Waals surface area contributed by atoms with Crippen molar-refractivity contribution < 1.29 is 0 Å². The van der Waals surface area contributed by atoms with Gasteiger partial charge in [0, 0.05) is 22.2 Å². The van der Waals surface area contributed by atoms with Gasteiger partial charge >= 0.3 is 0 Å². The molecule has 0 atom stereocenters. The van der Waals surface area contributed by atoms with Crippen LogP contribution in [0.4, 0.5) is 0 Å². The van der Waals surface area contributed by atoms with Crippen LogP contribution in [0.15, 0.2) is 127 Å². The molecule has 0 saturated heterocycles. The summed E-state index contributed by atoms with van der Waals surface area (Å²) in [7, 11) is 0. The van der Waals surface area contributed by atoms with Crippen molar-refractivity contribution in [3.05, 3.63) is 127 Å². The second kappa shape index (κ2) is 7.93. The molecular weight excluding hydrogens is 426 g/mol. The van der Waals surface area contributed by atoms with Gasteiger partial charge in [-0.05, 0) is 29.0 Å². The monoisotopic (exact) mass is 447 g/mol. The van der Waals surface area contributed by atoms with E-state index in [0.29, 0.717) is 0 Å². The number of benzene rings is 5. The van der Waals surface area contributed by atoms with Crippen LogP contribution in [0.5, 0.6) is 0 Å². The number of aromatic nitrogens is 3. The highest BCUT2D eigenvalue weighted by atomic mass is 15.0. The Morgan fingerprint density at radius 3 is 2.00 bits per heavy atom. The smallest absolute Gasteiger partial charge is 0.160 e. The van der Waals surface area contributed by atoms with Gasteiger partial charge in [-0.3, -0.25) is 0 Å². The third-order valence-corrected chi connectivity index (χ3v) is 6.60. The maximum absolute atomic E-state index is 5.24. The number of para-hydroxylation sites is 2. The van der Waals surface area contributed by atoms with Crippen LogP contribution in [0.2, 0.25) is 0 Å². The molecular formula is C32H21N3. The van der Waals surface area contributed by atoms with Crippen LogP contribution in [0, 0.1) is 0 Å². The molecule has 0 aliphatic heterocycles. The van der Waals surface area contributed by atoms with Crippen molar-refractivity contribution in [2.45, 2.75) is 0 Å². The number of hydrogen-bond donors (Lipinski definition) is 0. The van der Waals surface area contributed by atoms with Crippen molar-refractivity contribution >= 4 is 32.7 Å². The molecule has 0 spiro atoms. The molecule has 5 aromatic carbocycles. The van der Waals surface area contributed by atoms with Crippen molar-refractivity contribution in [1.82, 2.24) is 14.5 Å². The summed E-state index contributed by atoms with van der Waals surface area (Å²) in [4.78, 5) is 10.4. The predicted octanol–water partition coefficient (Wildman–Crippen LogP) is 8.06. The normalized spacial score (nSPS) is 11.4. The Kier molecular flexibility index (Phi) is 4.46. The lowest BCUT2D eigenvalue weighted by molar-refractivity contribution is 1.15. The second-order valence-electron chi connectivity index (χ2n) is 8.67. The fourth-order valence-electron chi connectivity index (χ4n) is 5.03. The van der Waals surface area contributed by atoms with Gasteiger partial charge in [-0.15, -0.1) is 0 Å². The lowest BCUT2D eigenvalue weighted by atomic mass is 10.0. The Bertz CT molecular complexity index is 1830. The molecule has 0 radical (unpaired) electrons. The largest absolute Gasteiger partial charge is 0.306 e. The topological polar surface area (TPSA) is 30.7 Å². The molecule has 0 amide bonds. The van der Waals surface area contributed by atoms with E-state index < -0.39 is 0 Å². The van der Waals surface area contributed by atoms with Crippen LogP contribution >= 0.6 is 0 Å². The first-order valence-corrected chi connectivity index (χ1v) is 11.8. The Morgan fingerprint density at radius 1 is 0.514 bits per heavy atom. The summed E-state index contributed by atoms with van der Waals surface area (Å²) in [5.41, 5.74) is 7.24. The van der Waals surface area contributed by atoms with E-state index in [9.17, 15) is 0 Å². The molecule has 0 bridgehead atoms. The van der Waals surface area contributed by atoms with Gasteiger partial charge in [0.15, 0.2) is 5.82 Å².